The first kappa shape index (κ1) is 17.3. The molecule has 1 aromatic rings. The zero-order valence-corrected chi connectivity index (χ0v) is 13.0. The molecular formula is C15H25N3O3. The maximum absolute atomic E-state index is 8.60. The smallest absolute Gasteiger partial charge is 0.170 e. The highest BCUT2D eigenvalue weighted by Gasteiger charge is 2.11. The van der Waals surface area contributed by atoms with Crippen LogP contribution in [-0.2, 0) is 4.74 Å². The van der Waals surface area contributed by atoms with E-state index in [0.29, 0.717) is 24.8 Å². The van der Waals surface area contributed by atoms with E-state index in [4.69, 9.17) is 20.4 Å². The lowest BCUT2D eigenvalue weighted by molar-refractivity contribution is 0.0920. The van der Waals surface area contributed by atoms with Gasteiger partial charge in [-0.15, -0.1) is 0 Å². The van der Waals surface area contributed by atoms with Crippen LogP contribution in [-0.4, -0.2) is 55.4 Å². The Morgan fingerprint density at radius 2 is 2.05 bits per heavy atom. The summed E-state index contributed by atoms with van der Waals surface area (Å²) in [5.41, 5.74) is 6.17. The van der Waals surface area contributed by atoms with Gasteiger partial charge in [0.05, 0.1) is 6.61 Å². The van der Waals surface area contributed by atoms with Crippen LogP contribution in [0.2, 0.25) is 0 Å². The lowest BCUT2D eigenvalue weighted by Gasteiger charge is -2.27. The number of oxime groups is 1. The molecule has 0 saturated carbocycles. The number of amidine groups is 1. The van der Waals surface area contributed by atoms with E-state index >= 15 is 0 Å². The molecule has 0 aromatic heterocycles. The summed E-state index contributed by atoms with van der Waals surface area (Å²) in [6.45, 7) is 7.36. The normalized spacial score (nSPS) is 13.4. The van der Waals surface area contributed by atoms with Crippen molar-refractivity contribution in [3.63, 3.8) is 0 Å². The van der Waals surface area contributed by atoms with Crippen LogP contribution in [0.15, 0.2) is 29.4 Å². The molecule has 118 valence electrons. The van der Waals surface area contributed by atoms with Crippen LogP contribution in [0.3, 0.4) is 0 Å². The summed E-state index contributed by atoms with van der Waals surface area (Å²) in [5, 5.41) is 11.6. The molecule has 0 spiro atoms. The first-order chi connectivity index (χ1) is 10.1. The molecule has 0 saturated heterocycles. The van der Waals surface area contributed by atoms with Gasteiger partial charge in [0.2, 0.25) is 0 Å². The van der Waals surface area contributed by atoms with Crippen molar-refractivity contribution in [3.8, 4) is 5.75 Å². The number of ether oxygens (including phenoxy) is 2. The zero-order valence-electron chi connectivity index (χ0n) is 13.0. The summed E-state index contributed by atoms with van der Waals surface area (Å²) >= 11 is 0. The van der Waals surface area contributed by atoms with E-state index in [1.54, 1.807) is 19.2 Å². The molecule has 6 heteroatoms. The van der Waals surface area contributed by atoms with E-state index in [-0.39, 0.29) is 5.84 Å². The molecule has 6 nitrogen and oxygen atoms in total. The predicted molar refractivity (Wildman–Crippen MR) is 83.0 cm³/mol. The molecule has 1 atom stereocenters. The lowest BCUT2D eigenvalue weighted by atomic mass is 10.2. The van der Waals surface area contributed by atoms with Gasteiger partial charge in [-0.25, -0.2) is 0 Å². The van der Waals surface area contributed by atoms with Crippen molar-refractivity contribution in [2.24, 2.45) is 10.9 Å². The van der Waals surface area contributed by atoms with Crippen molar-refractivity contribution in [1.29, 1.82) is 0 Å². The molecule has 0 aliphatic carbocycles. The molecule has 0 radical (unpaired) electrons. The van der Waals surface area contributed by atoms with Crippen LogP contribution in [0, 0.1) is 0 Å². The van der Waals surface area contributed by atoms with Gasteiger partial charge in [0.25, 0.3) is 0 Å². The standard InChI is InChI=1S/C15H25N3O3/c1-4-18(12(2)11-20-3)9-10-21-14-7-5-13(6-8-14)15(16)17-19/h5-8,12,19H,4,9-11H2,1-3H3,(H2,16,17). The van der Waals surface area contributed by atoms with Gasteiger partial charge in [0.1, 0.15) is 12.4 Å². The Morgan fingerprint density at radius 1 is 1.38 bits per heavy atom. The molecule has 3 N–H and O–H groups in total. The number of nitrogens with two attached hydrogens (primary N) is 1. The van der Waals surface area contributed by atoms with Crippen molar-refractivity contribution < 1.29 is 14.7 Å². The predicted octanol–water partition coefficient (Wildman–Crippen LogP) is 1.52. The fourth-order valence-electron chi connectivity index (χ4n) is 2.10. The Morgan fingerprint density at radius 3 is 2.57 bits per heavy atom. The quantitative estimate of drug-likeness (QED) is 0.312. The molecule has 0 aliphatic rings. The zero-order chi connectivity index (χ0) is 15.7. The molecular weight excluding hydrogens is 270 g/mol. The largest absolute Gasteiger partial charge is 0.492 e. The minimum atomic E-state index is 0.0899. The molecule has 1 unspecified atom stereocenters. The van der Waals surface area contributed by atoms with Gasteiger partial charge in [-0.3, -0.25) is 4.90 Å². The first-order valence-corrected chi connectivity index (χ1v) is 7.06. The van der Waals surface area contributed by atoms with E-state index in [1.165, 1.54) is 0 Å². The topological polar surface area (TPSA) is 80.3 Å². The number of likely N-dealkylation sites (N-methyl/N-ethyl adjacent to an activating group) is 1. The molecule has 0 aliphatic heterocycles. The van der Waals surface area contributed by atoms with Crippen LogP contribution in [0.25, 0.3) is 0 Å². The molecule has 1 aromatic carbocycles. The van der Waals surface area contributed by atoms with Crippen molar-refractivity contribution in [3.05, 3.63) is 29.8 Å². The Labute approximate surface area is 126 Å². The Bertz CT molecular complexity index is 434. The summed E-state index contributed by atoms with van der Waals surface area (Å²) < 4.78 is 10.9. The first-order valence-electron chi connectivity index (χ1n) is 7.06. The van der Waals surface area contributed by atoms with Crippen molar-refractivity contribution in [2.45, 2.75) is 19.9 Å². The highest BCUT2D eigenvalue weighted by Crippen LogP contribution is 2.12. The summed E-state index contributed by atoms with van der Waals surface area (Å²) in [6.07, 6.45) is 0. The van der Waals surface area contributed by atoms with E-state index in [1.807, 2.05) is 12.1 Å². The van der Waals surface area contributed by atoms with Crippen molar-refractivity contribution >= 4 is 5.84 Å². The van der Waals surface area contributed by atoms with E-state index in [9.17, 15) is 0 Å². The third-order valence-corrected chi connectivity index (χ3v) is 3.34. The molecule has 0 bridgehead atoms. The third-order valence-electron chi connectivity index (χ3n) is 3.34. The maximum Gasteiger partial charge on any atom is 0.170 e. The van der Waals surface area contributed by atoms with Crippen molar-refractivity contribution in [2.75, 3.05) is 33.4 Å². The molecule has 0 heterocycles. The summed E-state index contributed by atoms with van der Waals surface area (Å²) in [4.78, 5) is 2.30. The Balaban J connectivity index is 2.44. The summed E-state index contributed by atoms with van der Waals surface area (Å²) in [5.74, 6) is 0.854. The third kappa shape index (κ3) is 5.61. The van der Waals surface area contributed by atoms with Gasteiger partial charge in [-0.2, -0.15) is 0 Å². The number of rotatable bonds is 9. The number of hydrogen-bond donors (Lipinski definition) is 2. The summed E-state index contributed by atoms with van der Waals surface area (Å²) in [7, 11) is 1.71. The molecule has 0 fully saturated rings. The second-order valence-corrected chi connectivity index (χ2v) is 4.79. The van der Waals surface area contributed by atoms with Crippen LogP contribution in [0.4, 0.5) is 0 Å². The average molecular weight is 295 g/mol. The fourth-order valence-corrected chi connectivity index (χ4v) is 2.10. The highest BCUT2D eigenvalue weighted by molar-refractivity contribution is 5.97. The summed E-state index contributed by atoms with van der Waals surface area (Å²) in [6, 6.07) is 7.50. The van der Waals surface area contributed by atoms with Gasteiger partial charge < -0.3 is 20.4 Å². The number of hydrogen-bond acceptors (Lipinski definition) is 5. The lowest BCUT2D eigenvalue weighted by Crippen LogP contribution is -2.38. The van der Waals surface area contributed by atoms with Crippen LogP contribution in [0.5, 0.6) is 5.75 Å². The SMILES string of the molecule is CCN(CCOc1ccc(C(N)=NO)cc1)C(C)COC. The fraction of sp³-hybridized carbons (Fsp3) is 0.533. The minimum Gasteiger partial charge on any atom is -0.492 e. The van der Waals surface area contributed by atoms with E-state index in [2.05, 4.69) is 23.9 Å². The number of methoxy groups -OCH3 is 1. The Hall–Kier alpha value is -1.79. The maximum atomic E-state index is 8.60. The molecule has 1 rings (SSSR count). The number of benzene rings is 1. The van der Waals surface area contributed by atoms with Gasteiger partial charge in [0, 0.05) is 25.3 Å². The van der Waals surface area contributed by atoms with Gasteiger partial charge in [-0.1, -0.05) is 12.1 Å². The molecule has 21 heavy (non-hydrogen) atoms. The monoisotopic (exact) mass is 295 g/mol. The van der Waals surface area contributed by atoms with Crippen LogP contribution >= 0.6 is 0 Å². The van der Waals surface area contributed by atoms with Gasteiger partial charge in [0.15, 0.2) is 5.84 Å². The second kappa shape index (κ2) is 9.20. The molecule has 0 amide bonds. The second-order valence-electron chi connectivity index (χ2n) is 4.79. The van der Waals surface area contributed by atoms with Gasteiger partial charge in [-0.05, 0) is 37.7 Å². The minimum absolute atomic E-state index is 0.0899. The highest BCUT2D eigenvalue weighted by atomic mass is 16.5. The van der Waals surface area contributed by atoms with Gasteiger partial charge >= 0.3 is 0 Å². The average Bonchev–Trinajstić information content (AvgIpc) is 2.51. The Kier molecular flexibility index (Phi) is 7.56. The van der Waals surface area contributed by atoms with E-state index in [0.717, 1.165) is 18.8 Å². The van der Waals surface area contributed by atoms with E-state index < -0.39 is 0 Å². The number of nitrogens with zero attached hydrogens (tertiary/aromatic N) is 2. The van der Waals surface area contributed by atoms with Crippen LogP contribution < -0.4 is 10.5 Å². The van der Waals surface area contributed by atoms with Crippen molar-refractivity contribution in [1.82, 2.24) is 4.90 Å². The van der Waals surface area contributed by atoms with Crippen LogP contribution in [0.1, 0.15) is 19.4 Å².